The third-order valence-corrected chi connectivity index (χ3v) is 3.52. The number of carbonyl (C=O) groups excluding carboxylic acids is 3. The van der Waals surface area contributed by atoms with Crippen molar-refractivity contribution in [2.45, 2.75) is 26.9 Å². The van der Waals surface area contributed by atoms with Gasteiger partial charge in [-0.05, 0) is 39.0 Å². The molecule has 2 N–H and O–H groups in total. The Kier molecular flexibility index (Phi) is 5.63. The number of urea groups is 1. The number of furan rings is 1. The summed E-state index contributed by atoms with van der Waals surface area (Å²) in [7, 11) is 1.37. The van der Waals surface area contributed by atoms with Crippen LogP contribution in [-0.2, 0) is 9.53 Å². The average molecular weight is 348 g/mol. The van der Waals surface area contributed by atoms with E-state index in [0.717, 1.165) is 5.39 Å². The highest BCUT2D eigenvalue weighted by Crippen LogP contribution is 2.29. The highest BCUT2D eigenvalue weighted by atomic mass is 16.6. The molecule has 2 rings (SSSR count). The minimum absolute atomic E-state index is 0.00300. The summed E-state index contributed by atoms with van der Waals surface area (Å²) >= 11 is 0. The second kappa shape index (κ2) is 7.69. The molecule has 25 heavy (non-hydrogen) atoms. The second-order valence-electron chi connectivity index (χ2n) is 5.26. The molecule has 3 amide bonds. The lowest BCUT2D eigenvalue weighted by Crippen LogP contribution is -2.43. The van der Waals surface area contributed by atoms with Gasteiger partial charge in [0.2, 0.25) is 5.76 Å². The van der Waals surface area contributed by atoms with Crippen LogP contribution in [-0.4, -0.2) is 37.7 Å². The molecular formula is C17H20N2O6. The average Bonchev–Trinajstić information content (AvgIpc) is 2.91. The molecule has 2 aromatic rings. The monoisotopic (exact) mass is 348 g/mol. The van der Waals surface area contributed by atoms with Gasteiger partial charge in [0.25, 0.3) is 5.91 Å². The number of aryl methyl sites for hydroxylation is 1. The van der Waals surface area contributed by atoms with Crippen LogP contribution in [0.1, 0.15) is 30.0 Å². The van der Waals surface area contributed by atoms with Gasteiger partial charge in [-0.3, -0.25) is 10.1 Å². The Labute approximate surface area is 144 Å². The number of carbonyl (C=O) groups is 3. The number of amides is 3. The van der Waals surface area contributed by atoms with Crippen LogP contribution in [0, 0.1) is 6.92 Å². The summed E-state index contributed by atoms with van der Waals surface area (Å²) in [6.45, 7) is 5.48. The van der Waals surface area contributed by atoms with Gasteiger partial charge < -0.3 is 19.2 Å². The minimum atomic E-state index is -1.16. The minimum Gasteiger partial charge on any atom is -0.494 e. The lowest BCUT2D eigenvalue weighted by molar-refractivity contribution is -0.128. The zero-order valence-electron chi connectivity index (χ0n) is 14.5. The molecular weight excluding hydrogens is 328 g/mol. The molecule has 0 aliphatic rings. The zero-order chi connectivity index (χ0) is 18.6. The third kappa shape index (κ3) is 4.09. The molecule has 134 valence electrons. The van der Waals surface area contributed by atoms with Gasteiger partial charge in [-0.15, -0.1) is 0 Å². The number of fused-ring (bicyclic) bond motifs is 1. The van der Waals surface area contributed by atoms with Gasteiger partial charge in [-0.1, -0.05) is 0 Å². The normalized spacial score (nSPS) is 11.7. The van der Waals surface area contributed by atoms with E-state index in [9.17, 15) is 14.4 Å². The predicted octanol–water partition coefficient (Wildman–Crippen LogP) is 2.14. The van der Waals surface area contributed by atoms with Crippen molar-refractivity contribution in [2.24, 2.45) is 0 Å². The van der Waals surface area contributed by atoms with Crippen LogP contribution in [0.3, 0.4) is 0 Å². The SMILES string of the molecule is CCOc1ccc2oc(C(=O)OC(C)C(=O)NC(=O)NC)c(C)c2c1. The van der Waals surface area contributed by atoms with E-state index in [2.05, 4.69) is 5.32 Å². The van der Waals surface area contributed by atoms with E-state index in [0.29, 0.717) is 23.5 Å². The van der Waals surface area contributed by atoms with Crippen LogP contribution >= 0.6 is 0 Å². The predicted molar refractivity (Wildman–Crippen MR) is 89.6 cm³/mol. The standard InChI is InChI=1S/C17H20N2O6/c1-5-23-11-6-7-13-12(8-11)9(2)14(25-13)16(21)24-10(3)15(20)19-17(22)18-4/h6-8,10H,5H2,1-4H3,(H2,18,19,20,22). The van der Waals surface area contributed by atoms with E-state index in [1.807, 2.05) is 12.2 Å². The Morgan fingerprint density at radius 3 is 2.64 bits per heavy atom. The lowest BCUT2D eigenvalue weighted by atomic mass is 10.1. The Bertz CT molecular complexity index is 811. The molecule has 1 aromatic heterocycles. The number of benzene rings is 1. The summed E-state index contributed by atoms with van der Waals surface area (Å²) in [6, 6.07) is 4.53. The molecule has 0 saturated carbocycles. The summed E-state index contributed by atoms with van der Waals surface area (Å²) in [6.07, 6.45) is -1.16. The molecule has 1 atom stereocenters. The van der Waals surface area contributed by atoms with Gasteiger partial charge >= 0.3 is 12.0 Å². The Balaban J connectivity index is 2.17. The fourth-order valence-corrected chi connectivity index (χ4v) is 2.19. The maximum absolute atomic E-state index is 12.3. The van der Waals surface area contributed by atoms with Crippen LogP contribution in [0.4, 0.5) is 4.79 Å². The molecule has 0 bridgehead atoms. The van der Waals surface area contributed by atoms with Gasteiger partial charge in [0.15, 0.2) is 6.10 Å². The smallest absolute Gasteiger partial charge is 0.375 e. The van der Waals surface area contributed by atoms with Crippen molar-refractivity contribution < 1.29 is 28.3 Å². The maximum atomic E-state index is 12.3. The molecule has 0 fully saturated rings. The molecule has 0 radical (unpaired) electrons. The van der Waals surface area contributed by atoms with Crippen molar-refractivity contribution in [3.63, 3.8) is 0 Å². The first-order chi connectivity index (χ1) is 11.9. The van der Waals surface area contributed by atoms with Gasteiger partial charge in [0, 0.05) is 18.0 Å². The summed E-state index contributed by atoms with van der Waals surface area (Å²) < 4.78 is 16.0. The highest BCUT2D eigenvalue weighted by molar-refractivity contribution is 6.00. The molecule has 1 unspecified atom stereocenters. The Morgan fingerprint density at radius 1 is 1.28 bits per heavy atom. The molecule has 0 spiro atoms. The van der Waals surface area contributed by atoms with Crippen LogP contribution in [0.15, 0.2) is 22.6 Å². The van der Waals surface area contributed by atoms with Crippen molar-refractivity contribution in [2.75, 3.05) is 13.7 Å². The van der Waals surface area contributed by atoms with E-state index < -0.39 is 24.0 Å². The van der Waals surface area contributed by atoms with Gasteiger partial charge in [-0.25, -0.2) is 9.59 Å². The van der Waals surface area contributed by atoms with Gasteiger partial charge in [-0.2, -0.15) is 0 Å². The largest absolute Gasteiger partial charge is 0.494 e. The number of rotatable bonds is 5. The van der Waals surface area contributed by atoms with Crippen molar-refractivity contribution >= 4 is 28.9 Å². The number of imide groups is 1. The van der Waals surface area contributed by atoms with Crippen molar-refractivity contribution in [3.05, 3.63) is 29.5 Å². The summed E-state index contributed by atoms with van der Waals surface area (Å²) in [5.74, 6) is -0.855. The molecule has 1 aromatic carbocycles. The van der Waals surface area contributed by atoms with E-state index in [1.165, 1.54) is 14.0 Å². The Hall–Kier alpha value is -3.03. The Morgan fingerprint density at radius 2 is 2.00 bits per heavy atom. The first-order valence-electron chi connectivity index (χ1n) is 7.76. The summed E-state index contributed by atoms with van der Waals surface area (Å²) in [5.41, 5.74) is 1.09. The molecule has 0 aliphatic carbocycles. The quantitative estimate of drug-likeness (QED) is 0.802. The van der Waals surface area contributed by atoms with Crippen LogP contribution in [0.25, 0.3) is 11.0 Å². The third-order valence-electron chi connectivity index (χ3n) is 3.52. The summed E-state index contributed by atoms with van der Waals surface area (Å²) in [5, 5.41) is 4.99. The second-order valence-corrected chi connectivity index (χ2v) is 5.26. The van der Waals surface area contributed by atoms with Crippen molar-refractivity contribution in [1.82, 2.24) is 10.6 Å². The van der Waals surface area contributed by atoms with Crippen molar-refractivity contribution in [3.8, 4) is 5.75 Å². The number of hydrogen-bond donors (Lipinski definition) is 2. The summed E-state index contributed by atoms with van der Waals surface area (Å²) in [4.78, 5) is 35.2. The lowest BCUT2D eigenvalue weighted by Gasteiger charge is -2.11. The molecule has 1 heterocycles. The van der Waals surface area contributed by atoms with Crippen LogP contribution in [0.5, 0.6) is 5.75 Å². The molecule has 0 aliphatic heterocycles. The van der Waals surface area contributed by atoms with Crippen LogP contribution in [0.2, 0.25) is 0 Å². The highest BCUT2D eigenvalue weighted by Gasteiger charge is 2.25. The van der Waals surface area contributed by atoms with E-state index in [4.69, 9.17) is 13.9 Å². The number of hydrogen-bond acceptors (Lipinski definition) is 6. The van der Waals surface area contributed by atoms with Gasteiger partial charge in [0.05, 0.1) is 6.61 Å². The molecule has 8 nitrogen and oxygen atoms in total. The van der Waals surface area contributed by atoms with Gasteiger partial charge in [0.1, 0.15) is 11.3 Å². The number of ether oxygens (including phenoxy) is 2. The fourth-order valence-electron chi connectivity index (χ4n) is 2.19. The van der Waals surface area contributed by atoms with E-state index in [-0.39, 0.29) is 5.76 Å². The van der Waals surface area contributed by atoms with E-state index >= 15 is 0 Å². The first-order valence-corrected chi connectivity index (χ1v) is 7.76. The first kappa shape index (κ1) is 18.3. The zero-order valence-corrected chi connectivity index (χ0v) is 14.5. The maximum Gasteiger partial charge on any atom is 0.375 e. The number of esters is 1. The van der Waals surface area contributed by atoms with E-state index in [1.54, 1.807) is 25.1 Å². The fraction of sp³-hybridized carbons (Fsp3) is 0.353. The number of nitrogens with one attached hydrogen (secondary N) is 2. The van der Waals surface area contributed by atoms with Crippen molar-refractivity contribution in [1.29, 1.82) is 0 Å². The van der Waals surface area contributed by atoms with Crippen LogP contribution < -0.4 is 15.4 Å². The topological polar surface area (TPSA) is 107 Å². The molecule has 8 heteroatoms. The molecule has 0 saturated heterocycles.